The average Bonchev–Trinajstić information content (AvgIpc) is 3.15. The van der Waals surface area contributed by atoms with Crippen molar-refractivity contribution in [2.24, 2.45) is 5.92 Å². The van der Waals surface area contributed by atoms with Gasteiger partial charge < -0.3 is 5.32 Å². The standard InChI is InChI=1S/C17H23N3/c1-13(2)17(11-18-16-8-9-16)20-12-15(10-19-20)14-6-4-3-5-7-14/h3-7,10,12-13,16-18H,8-9,11H2,1-2H3. The average molecular weight is 269 g/mol. The smallest absolute Gasteiger partial charge is 0.0666 e. The lowest BCUT2D eigenvalue weighted by Crippen LogP contribution is -2.30. The largest absolute Gasteiger partial charge is 0.312 e. The van der Waals surface area contributed by atoms with Crippen LogP contribution >= 0.6 is 0 Å². The van der Waals surface area contributed by atoms with Crippen molar-refractivity contribution in [2.75, 3.05) is 6.54 Å². The number of nitrogens with one attached hydrogen (secondary N) is 1. The van der Waals surface area contributed by atoms with E-state index in [1.54, 1.807) is 0 Å². The van der Waals surface area contributed by atoms with E-state index in [-0.39, 0.29) is 0 Å². The molecular formula is C17H23N3. The zero-order valence-electron chi connectivity index (χ0n) is 12.3. The lowest BCUT2D eigenvalue weighted by molar-refractivity contribution is 0.329. The van der Waals surface area contributed by atoms with Gasteiger partial charge in [-0.1, -0.05) is 44.2 Å². The second kappa shape index (κ2) is 5.80. The highest BCUT2D eigenvalue weighted by Gasteiger charge is 2.24. The molecule has 0 radical (unpaired) electrons. The maximum absolute atomic E-state index is 4.59. The van der Waals surface area contributed by atoms with Gasteiger partial charge in [-0.3, -0.25) is 4.68 Å². The van der Waals surface area contributed by atoms with Gasteiger partial charge in [-0.05, 0) is 24.3 Å². The predicted octanol–water partition coefficient (Wildman–Crippen LogP) is 3.50. The highest BCUT2D eigenvalue weighted by atomic mass is 15.3. The third kappa shape index (κ3) is 3.10. The molecule has 1 atom stereocenters. The van der Waals surface area contributed by atoms with Gasteiger partial charge in [0, 0.05) is 24.3 Å². The van der Waals surface area contributed by atoms with Crippen LogP contribution in [0.1, 0.15) is 32.7 Å². The molecule has 0 bridgehead atoms. The summed E-state index contributed by atoms with van der Waals surface area (Å²) in [6.07, 6.45) is 6.81. The molecule has 0 amide bonds. The Hall–Kier alpha value is -1.61. The molecule has 3 rings (SSSR count). The predicted molar refractivity (Wildman–Crippen MR) is 82.6 cm³/mol. The van der Waals surface area contributed by atoms with Crippen LogP contribution in [0.15, 0.2) is 42.7 Å². The van der Waals surface area contributed by atoms with Crippen LogP contribution in [0, 0.1) is 5.92 Å². The molecule has 1 aromatic heterocycles. The van der Waals surface area contributed by atoms with Crippen LogP contribution in [-0.4, -0.2) is 22.4 Å². The molecule has 2 aromatic rings. The number of rotatable bonds is 6. The molecule has 0 saturated heterocycles. The molecule has 1 saturated carbocycles. The second-order valence-electron chi connectivity index (χ2n) is 6.07. The summed E-state index contributed by atoms with van der Waals surface area (Å²) in [6, 6.07) is 11.6. The van der Waals surface area contributed by atoms with Crippen molar-refractivity contribution < 1.29 is 0 Å². The highest BCUT2D eigenvalue weighted by Crippen LogP contribution is 2.24. The number of benzene rings is 1. The van der Waals surface area contributed by atoms with Gasteiger partial charge in [0.1, 0.15) is 0 Å². The van der Waals surface area contributed by atoms with Crippen molar-refractivity contribution in [3.8, 4) is 11.1 Å². The Labute approximate surface area is 121 Å². The minimum atomic E-state index is 0.424. The Kier molecular flexibility index (Phi) is 3.88. The van der Waals surface area contributed by atoms with Crippen molar-refractivity contribution in [3.05, 3.63) is 42.7 Å². The first-order valence-corrected chi connectivity index (χ1v) is 7.57. The normalized spacial score (nSPS) is 16.6. The fraction of sp³-hybridized carbons (Fsp3) is 0.471. The molecule has 20 heavy (non-hydrogen) atoms. The molecule has 1 heterocycles. The van der Waals surface area contributed by atoms with Gasteiger partial charge in [-0.25, -0.2) is 0 Å². The molecule has 1 aliphatic rings. The van der Waals surface area contributed by atoms with Crippen molar-refractivity contribution in [1.82, 2.24) is 15.1 Å². The first kappa shape index (κ1) is 13.4. The molecule has 3 nitrogen and oxygen atoms in total. The van der Waals surface area contributed by atoms with Gasteiger partial charge in [-0.15, -0.1) is 0 Å². The van der Waals surface area contributed by atoms with E-state index in [9.17, 15) is 0 Å². The van der Waals surface area contributed by atoms with Gasteiger partial charge in [0.25, 0.3) is 0 Å². The van der Waals surface area contributed by atoms with Crippen molar-refractivity contribution in [2.45, 2.75) is 38.8 Å². The SMILES string of the molecule is CC(C)C(CNC1CC1)n1cc(-c2ccccc2)cn1. The van der Waals surface area contributed by atoms with Crippen LogP contribution in [0.5, 0.6) is 0 Å². The van der Waals surface area contributed by atoms with E-state index in [0.29, 0.717) is 12.0 Å². The third-order valence-corrected chi connectivity index (χ3v) is 4.01. The van der Waals surface area contributed by atoms with Gasteiger partial charge in [0.05, 0.1) is 12.2 Å². The van der Waals surface area contributed by atoms with Gasteiger partial charge in [0.2, 0.25) is 0 Å². The third-order valence-electron chi connectivity index (χ3n) is 4.01. The summed E-state index contributed by atoms with van der Waals surface area (Å²) in [5, 5.41) is 8.21. The maximum atomic E-state index is 4.59. The zero-order valence-corrected chi connectivity index (χ0v) is 12.3. The fourth-order valence-corrected chi connectivity index (χ4v) is 2.51. The first-order chi connectivity index (χ1) is 9.74. The Morgan fingerprint density at radius 3 is 2.60 bits per heavy atom. The zero-order chi connectivity index (χ0) is 13.9. The summed E-state index contributed by atoms with van der Waals surface area (Å²) in [5.74, 6) is 0.574. The van der Waals surface area contributed by atoms with Crippen LogP contribution in [0.3, 0.4) is 0 Å². The Balaban J connectivity index is 1.75. The highest BCUT2D eigenvalue weighted by molar-refractivity contribution is 5.61. The number of hydrogen-bond donors (Lipinski definition) is 1. The molecule has 3 heteroatoms. The van der Waals surface area contributed by atoms with E-state index in [1.807, 2.05) is 12.3 Å². The summed E-state index contributed by atoms with van der Waals surface area (Å²) >= 11 is 0. The van der Waals surface area contributed by atoms with Gasteiger partial charge in [-0.2, -0.15) is 5.10 Å². The molecule has 106 valence electrons. The van der Waals surface area contributed by atoms with E-state index in [2.05, 4.69) is 59.4 Å². The summed E-state index contributed by atoms with van der Waals surface area (Å²) in [6.45, 7) is 5.55. The van der Waals surface area contributed by atoms with E-state index < -0.39 is 0 Å². The van der Waals surface area contributed by atoms with Gasteiger partial charge in [0.15, 0.2) is 0 Å². The Morgan fingerprint density at radius 1 is 1.20 bits per heavy atom. The molecule has 0 spiro atoms. The molecule has 0 aliphatic heterocycles. The lowest BCUT2D eigenvalue weighted by atomic mass is 10.0. The number of nitrogens with zero attached hydrogens (tertiary/aromatic N) is 2. The van der Waals surface area contributed by atoms with Crippen molar-refractivity contribution in [1.29, 1.82) is 0 Å². The molecule has 1 aromatic carbocycles. The van der Waals surface area contributed by atoms with E-state index in [1.165, 1.54) is 24.0 Å². The summed E-state index contributed by atoms with van der Waals surface area (Å²) in [7, 11) is 0. The van der Waals surface area contributed by atoms with Crippen LogP contribution in [0.25, 0.3) is 11.1 Å². The Morgan fingerprint density at radius 2 is 1.95 bits per heavy atom. The van der Waals surface area contributed by atoms with E-state index in [0.717, 1.165) is 12.6 Å². The van der Waals surface area contributed by atoms with Crippen LogP contribution in [-0.2, 0) is 0 Å². The summed E-state index contributed by atoms with van der Waals surface area (Å²) in [5.41, 5.74) is 2.43. The van der Waals surface area contributed by atoms with Crippen molar-refractivity contribution >= 4 is 0 Å². The van der Waals surface area contributed by atoms with Crippen LogP contribution in [0.4, 0.5) is 0 Å². The minimum absolute atomic E-state index is 0.424. The van der Waals surface area contributed by atoms with Crippen molar-refractivity contribution in [3.63, 3.8) is 0 Å². The molecule has 1 unspecified atom stereocenters. The van der Waals surface area contributed by atoms with Gasteiger partial charge >= 0.3 is 0 Å². The molecular weight excluding hydrogens is 246 g/mol. The number of aromatic nitrogens is 2. The topological polar surface area (TPSA) is 29.9 Å². The molecule has 1 N–H and O–H groups in total. The summed E-state index contributed by atoms with van der Waals surface area (Å²) < 4.78 is 2.13. The fourth-order valence-electron chi connectivity index (χ4n) is 2.51. The first-order valence-electron chi connectivity index (χ1n) is 7.57. The molecule has 1 aliphatic carbocycles. The van der Waals surface area contributed by atoms with E-state index >= 15 is 0 Å². The maximum Gasteiger partial charge on any atom is 0.0666 e. The van der Waals surface area contributed by atoms with Crippen LogP contribution < -0.4 is 5.32 Å². The minimum Gasteiger partial charge on any atom is -0.312 e. The monoisotopic (exact) mass is 269 g/mol. The number of hydrogen-bond acceptors (Lipinski definition) is 2. The second-order valence-corrected chi connectivity index (χ2v) is 6.07. The lowest BCUT2D eigenvalue weighted by Gasteiger charge is -2.22. The molecule has 1 fully saturated rings. The van der Waals surface area contributed by atoms with Crippen LogP contribution in [0.2, 0.25) is 0 Å². The Bertz CT molecular complexity index is 540. The quantitative estimate of drug-likeness (QED) is 0.870. The summed E-state index contributed by atoms with van der Waals surface area (Å²) in [4.78, 5) is 0. The van der Waals surface area contributed by atoms with E-state index in [4.69, 9.17) is 0 Å².